The van der Waals surface area contributed by atoms with Gasteiger partial charge in [-0.1, -0.05) is 18.2 Å². The number of para-hydroxylation sites is 1. The molecule has 1 aromatic carbocycles. The molecule has 21 heavy (non-hydrogen) atoms. The minimum atomic E-state index is -0.878. The van der Waals surface area contributed by atoms with Gasteiger partial charge in [-0.15, -0.1) is 0 Å². The summed E-state index contributed by atoms with van der Waals surface area (Å²) in [7, 11) is 1.62. The van der Waals surface area contributed by atoms with Crippen LogP contribution in [0.3, 0.4) is 0 Å². The summed E-state index contributed by atoms with van der Waals surface area (Å²) in [5, 5.41) is 11.6. The first kappa shape index (κ1) is 17.0. The number of carbonyl (C=O) groups excluding carboxylic acids is 1. The van der Waals surface area contributed by atoms with Crippen LogP contribution in [0.2, 0.25) is 0 Å². The summed E-state index contributed by atoms with van der Waals surface area (Å²) in [6.45, 7) is 1.59. The number of methoxy groups -OCH3 is 1. The van der Waals surface area contributed by atoms with Crippen LogP contribution in [-0.4, -0.2) is 50.3 Å². The second-order valence-corrected chi connectivity index (χ2v) is 4.60. The number of nitrogens with zero attached hydrogens (tertiary/aromatic N) is 1. The van der Waals surface area contributed by atoms with Crippen LogP contribution < -0.4 is 10.2 Å². The zero-order valence-corrected chi connectivity index (χ0v) is 12.2. The number of aliphatic carboxylic acids is 1. The van der Waals surface area contributed by atoms with Gasteiger partial charge in [0.2, 0.25) is 5.91 Å². The fourth-order valence-corrected chi connectivity index (χ4v) is 1.84. The third-order valence-corrected chi connectivity index (χ3v) is 2.90. The molecule has 1 aromatic rings. The van der Waals surface area contributed by atoms with Crippen LogP contribution in [0.15, 0.2) is 30.3 Å². The van der Waals surface area contributed by atoms with Gasteiger partial charge in [0.15, 0.2) is 0 Å². The summed E-state index contributed by atoms with van der Waals surface area (Å²) in [5.74, 6) is -1.00. The maximum atomic E-state index is 11.9. The van der Waals surface area contributed by atoms with Gasteiger partial charge in [-0.3, -0.25) is 9.59 Å². The van der Waals surface area contributed by atoms with E-state index in [1.807, 2.05) is 30.3 Å². The first-order valence-corrected chi connectivity index (χ1v) is 6.91. The first-order chi connectivity index (χ1) is 10.1. The summed E-state index contributed by atoms with van der Waals surface area (Å²) < 4.78 is 4.91. The summed E-state index contributed by atoms with van der Waals surface area (Å²) in [6.07, 6.45) is 0.745. The fraction of sp³-hybridized carbons (Fsp3) is 0.467. The van der Waals surface area contributed by atoms with E-state index in [4.69, 9.17) is 9.84 Å². The summed E-state index contributed by atoms with van der Waals surface area (Å²) in [6, 6.07) is 9.32. The third-order valence-electron chi connectivity index (χ3n) is 2.90. The van der Waals surface area contributed by atoms with Crippen molar-refractivity contribution in [3.8, 4) is 0 Å². The van der Waals surface area contributed by atoms with Crippen LogP contribution in [0.4, 0.5) is 5.69 Å². The normalized spacial score (nSPS) is 10.1. The first-order valence-electron chi connectivity index (χ1n) is 6.91. The van der Waals surface area contributed by atoms with Gasteiger partial charge in [0.05, 0.1) is 13.0 Å². The van der Waals surface area contributed by atoms with Gasteiger partial charge in [0.25, 0.3) is 0 Å². The Morgan fingerprint density at radius 3 is 2.62 bits per heavy atom. The van der Waals surface area contributed by atoms with E-state index >= 15 is 0 Å². The molecule has 0 aliphatic heterocycles. The van der Waals surface area contributed by atoms with Gasteiger partial charge in [-0.25, -0.2) is 0 Å². The number of ether oxygens (including phenoxy) is 1. The molecule has 0 atom stereocenters. The van der Waals surface area contributed by atoms with Crippen molar-refractivity contribution in [2.75, 3.05) is 38.3 Å². The molecule has 0 saturated heterocycles. The van der Waals surface area contributed by atoms with Crippen molar-refractivity contribution in [3.05, 3.63) is 30.3 Å². The Kier molecular flexibility index (Phi) is 7.89. The SMILES string of the molecule is COCCCNC(=O)CN(CCC(=O)O)c1ccccc1. The average Bonchev–Trinajstić information content (AvgIpc) is 2.48. The molecule has 0 aromatic heterocycles. The molecule has 6 nitrogen and oxygen atoms in total. The summed E-state index contributed by atoms with van der Waals surface area (Å²) >= 11 is 0. The zero-order valence-electron chi connectivity index (χ0n) is 12.2. The maximum Gasteiger partial charge on any atom is 0.305 e. The lowest BCUT2D eigenvalue weighted by Gasteiger charge is -2.23. The van der Waals surface area contributed by atoms with Crippen LogP contribution in [0, 0.1) is 0 Å². The van der Waals surface area contributed by atoms with E-state index in [0.717, 1.165) is 12.1 Å². The highest BCUT2D eigenvalue weighted by molar-refractivity contribution is 5.81. The molecular formula is C15H22N2O4. The smallest absolute Gasteiger partial charge is 0.305 e. The Morgan fingerprint density at radius 2 is 2.00 bits per heavy atom. The second-order valence-electron chi connectivity index (χ2n) is 4.60. The molecular weight excluding hydrogens is 272 g/mol. The number of amides is 1. The standard InChI is InChI=1S/C15H22N2O4/c1-21-11-5-9-16-14(18)12-17(10-8-15(19)20)13-6-3-2-4-7-13/h2-4,6-7H,5,8-12H2,1H3,(H,16,18)(H,19,20). The Hall–Kier alpha value is -2.08. The quantitative estimate of drug-likeness (QED) is 0.632. The number of carboxylic acids is 1. The Balaban J connectivity index is 2.52. The molecule has 2 N–H and O–H groups in total. The lowest BCUT2D eigenvalue weighted by Crippen LogP contribution is -2.38. The summed E-state index contributed by atoms with van der Waals surface area (Å²) in [4.78, 5) is 24.4. The molecule has 0 unspecified atom stereocenters. The highest BCUT2D eigenvalue weighted by Crippen LogP contribution is 2.13. The van der Waals surface area contributed by atoms with E-state index in [0.29, 0.717) is 19.7 Å². The summed E-state index contributed by atoms with van der Waals surface area (Å²) in [5.41, 5.74) is 0.839. The Bertz CT molecular complexity index is 437. The van der Waals surface area contributed by atoms with E-state index in [1.165, 1.54) is 0 Å². The zero-order chi connectivity index (χ0) is 15.5. The molecule has 0 radical (unpaired) electrons. The van der Waals surface area contributed by atoms with E-state index in [-0.39, 0.29) is 18.9 Å². The van der Waals surface area contributed by atoms with Crippen molar-refractivity contribution in [1.82, 2.24) is 5.32 Å². The molecule has 0 heterocycles. The van der Waals surface area contributed by atoms with Crippen LogP contribution in [0.5, 0.6) is 0 Å². The van der Waals surface area contributed by atoms with E-state index in [2.05, 4.69) is 5.32 Å². The van der Waals surface area contributed by atoms with Crippen LogP contribution in [0.25, 0.3) is 0 Å². The molecule has 0 aliphatic rings. The average molecular weight is 294 g/mol. The number of carboxylic acid groups (broad SMARTS) is 1. The van der Waals surface area contributed by atoms with Crippen LogP contribution in [-0.2, 0) is 14.3 Å². The van der Waals surface area contributed by atoms with Gasteiger partial charge in [-0.05, 0) is 18.6 Å². The monoisotopic (exact) mass is 294 g/mol. The van der Waals surface area contributed by atoms with Gasteiger partial charge < -0.3 is 20.1 Å². The number of carbonyl (C=O) groups is 2. The van der Waals surface area contributed by atoms with Crippen LogP contribution in [0.1, 0.15) is 12.8 Å². The van der Waals surface area contributed by atoms with Crippen molar-refractivity contribution in [1.29, 1.82) is 0 Å². The molecule has 1 amide bonds. The predicted octanol–water partition coefficient (Wildman–Crippen LogP) is 1.12. The van der Waals surface area contributed by atoms with Crippen molar-refractivity contribution >= 4 is 17.6 Å². The van der Waals surface area contributed by atoms with E-state index in [1.54, 1.807) is 12.0 Å². The number of hydrogen-bond acceptors (Lipinski definition) is 4. The van der Waals surface area contributed by atoms with Crippen LogP contribution >= 0.6 is 0 Å². The van der Waals surface area contributed by atoms with Crippen molar-refractivity contribution < 1.29 is 19.4 Å². The van der Waals surface area contributed by atoms with Gasteiger partial charge >= 0.3 is 5.97 Å². The van der Waals surface area contributed by atoms with Crippen molar-refractivity contribution in [3.63, 3.8) is 0 Å². The lowest BCUT2D eigenvalue weighted by molar-refractivity contribution is -0.136. The fourth-order valence-electron chi connectivity index (χ4n) is 1.84. The topological polar surface area (TPSA) is 78.9 Å². The number of benzene rings is 1. The minimum Gasteiger partial charge on any atom is -0.481 e. The molecule has 0 aliphatic carbocycles. The maximum absolute atomic E-state index is 11.9. The third kappa shape index (κ3) is 7.31. The molecule has 116 valence electrons. The molecule has 1 rings (SSSR count). The van der Waals surface area contributed by atoms with Crippen molar-refractivity contribution in [2.45, 2.75) is 12.8 Å². The van der Waals surface area contributed by atoms with Gasteiger partial charge in [-0.2, -0.15) is 0 Å². The Labute approximate surface area is 124 Å². The van der Waals surface area contributed by atoms with E-state index < -0.39 is 5.97 Å². The predicted molar refractivity (Wildman–Crippen MR) is 80.4 cm³/mol. The molecule has 0 fully saturated rings. The number of nitrogens with one attached hydrogen (secondary N) is 1. The number of anilines is 1. The molecule has 6 heteroatoms. The highest BCUT2D eigenvalue weighted by atomic mass is 16.5. The molecule has 0 saturated carbocycles. The number of hydrogen-bond donors (Lipinski definition) is 2. The largest absolute Gasteiger partial charge is 0.481 e. The molecule has 0 spiro atoms. The van der Waals surface area contributed by atoms with Crippen molar-refractivity contribution in [2.24, 2.45) is 0 Å². The minimum absolute atomic E-state index is 0.00809. The lowest BCUT2D eigenvalue weighted by atomic mass is 10.2. The second kappa shape index (κ2) is 9.77. The van der Waals surface area contributed by atoms with E-state index in [9.17, 15) is 9.59 Å². The number of rotatable bonds is 10. The highest BCUT2D eigenvalue weighted by Gasteiger charge is 2.12. The van der Waals surface area contributed by atoms with Gasteiger partial charge in [0.1, 0.15) is 0 Å². The van der Waals surface area contributed by atoms with Gasteiger partial charge in [0, 0.05) is 32.5 Å². The Morgan fingerprint density at radius 1 is 1.29 bits per heavy atom. The molecule has 0 bridgehead atoms.